The second kappa shape index (κ2) is 4.74. The Labute approximate surface area is 78.9 Å². The van der Waals surface area contributed by atoms with Crippen molar-refractivity contribution in [2.75, 3.05) is 25.4 Å². The lowest BCUT2D eigenvalue weighted by molar-refractivity contribution is 0.267. The van der Waals surface area contributed by atoms with Gasteiger partial charge in [-0.1, -0.05) is 6.92 Å². The van der Waals surface area contributed by atoms with Crippen molar-refractivity contribution in [2.24, 2.45) is 5.92 Å². The van der Waals surface area contributed by atoms with Gasteiger partial charge in [0.2, 0.25) is 0 Å². The first-order valence-electron chi connectivity index (χ1n) is 4.46. The van der Waals surface area contributed by atoms with Crippen LogP contribution in [0.1, 0.15) is 13.8 Å². The van der Waals surface area contributed by atoms with E-state index in [1.807, 2.05) is 18.7 Å². The van der Waals surface area contributed by atoms with Crippen molar-refractivity contribution in [3.8, 4) is 6.07 Å². The minimum atomic E-state index is 0.181. The number of hydrogen-bond acceptors (Lipinski definition) is 3. The predicted octanol–water partition coefficient (Wildman–Crippen LogP) is 1.58. The second-order valence-electron chi connectivity index (χ2n) is 3.47. The van der Waals surface area contributed by atoms with Crippen molar-refractivity contribution in [1.29, 1.82) is 5.26 Å². The summed E-state index contributed by atoms with van der Waals surface area (Å²) in [5.41, 5.74) is 0. The Bertz CT molecular complexity index is 176. The highest BCUT2D eigenvalue weighted by atomic mass is 32.2. The van der Waals surface area contributed by atoms with Crippen molar-refractivity contribution >= 4 is 11.8 Å². The van der Waals surface area contributed by atoms with Gasteiger partial charge in [0, 0.05) is 30.6 Å². The fourth-order valence-electron chi connectivity index (χ4n) is 1.48. The smallest absolute Gasteiger partial charge is 0.0666 e. The normalized spacial score (nSPS) is 27.9. The van der Waals surface area contributed by atoms with Crippen molar-refractivity contribution in [1.82, 2.24) is 4.90 Å². The van der Waals surface area contributed by atoms with E-state index in [1.165, 1.54) is 5.75 Å². The van der Waals surface area contributed by atoms with Crippen LogP contribution in [0.3, 0.4) is 0 Å². The van der Waals surface area contributed by atoms with E-state index in [0.29, 0.717) is 0 Å². The molecule has 2 atom stereocenters. The maximum absolute atomic E-state index is 8.65. The quantitative estimate of drug-likeness (QED) is 0.652. The van der Waals surface area contributed by atoms with Crippen LogP contribution in [0.5, 0.6) is 0 Å². The summed E-state index contributed by atoms with van der Waals surface area (Å²) in [6, 6.07) is 2.28. The van der Waals surface area contributed by atoms with Crippen LogP contribution in [0.25, 0.3) is 0 Å². The Balaban J connectivity index is 2.28. The minimum Gasteiger partial charge on any atom is -0.300 e. The molecule has 0 aromatic heterocycles. The van der Waals surface area contributed by atoms with Crippen LogP contribution in [-0.4, -0.2) is 35.5 Å². The zero-order chi connectivity index (χ0) is 8.97. The Morgan fingerprint density at radius 1 is 1.75 bits per heavy atom. The van der Waals surface area contributed by atoms with Gasteiger partial charge in [-0.15, -0.1) is 0 Å². The van der Waals surface area contributed by atoms with Gasteiger partial charge in [0.05, 0.1) is 12.0 Å². The molecule has 0 bridgehead atoms. The highest BCUT2D eigenvalue weighted by Gasteiger charge is 2.17. The molecule has 2 nitrogen and oxygen atoms in total. The minimum absolute atomic E-state index is 0.181. The molecule has 0 saturated carbocycles. The summed E-state index contributed by atoms with van der Waals surface area (Å²) < 4.78 is 0. The first kappa shape index (κ1) is 9.88. The summed E-state index contributed by atoms with van der Waals surface area (Å²) in [7, 11) is 0. The number of nitrogens with zero attached hydrogens (tertiary/aromatic N) is 2. The Morgan fingerprint density at radius 2 is 2.50 bits per heavy atom. The fourth-order valence-corrected chi connectivity index (χ4v) is 2.57. The van der Waals surface area contributed by atoms with Gasteiger partial charge < -0.3 is 4.90 Å². The van der Waals surface area contributed by atoms with Gasteiger partial charge in [0.15, 0.2) is 0 Å². The third kappa shape index (κ3) is 3.04. The summed E-state index contributed by atoms with van der Waals surface area (Å²) >= 11 is 2.03. The van der Waals surface area contributed by atoms with Crippen LogP contribution in [0.2, 0.25) is 0 Å². The van der Waals surface area contributed by atoms with Gasteiger partial charge in [-0.2, -0.15) is 17.0 Å². The molecule has 3 heteroatoms. The molecule has 0 aliphatic carbocycles. The van der Waals surface area contributed by atoms with E-state index in [9.17, 15) is 0 Å². The zero-order valence-electron chi connectivity index (χ0n) is 7.79. The molecule has 1 heterocycles. The number of rotatable bonds is 2. The molecule has 12 heavy (non-hydrogen) atoms. The lowest BCUT2D eigenvalue weighted by atomic mass is 10.2. The maximum Gasteiger partial charge on any atom is 0.0666 e. The monoisotopic (exact) mass is 184 g/mol. The molecule has 0 amide bonds. The van der Waals surface area contributed by atoms with Gasteiger partial charge in [-0.3, -0.25) is 0 Å². The molecule has 1 rings (SSSR count). The highest BCUT2D eigenvalue weighted by Crippen LogP contribution is 2.18. The van der Waals surface area contributed by atoms with E-state index in [1.54, 1.807) is 0 Å². The third-order valence-corrected chi connectivity index (χ3v) is 3.21. The molecule has 1 aliphatic rings. The summed E-state index contributed by atoms with van der Waals surface area (Å²) in [6.45, 7) is 7.50. The topological polar surface area (TPSA) is 27.0 Å². The van der Waals surface area contributed by atoms with Gasteiger partial charge >= 0.3 is 0 Å². The van der Waals surface area contributed by atoms with Crippen molar-refractivity contribution in [2.45, 2.75) is 19.1 Å². The van der Waals surface area contributed by atoms with E-state index in [2.05, 4.69) is 17.9 Å². The average molecular weight is 184 g/mol. The first-order chi connectivity index (χ1) is 5.72. The van der Waals surface area contributed by atoms with Crippen LogP contribution in [0.15, 0.2) is 0 Å². The van der Waals surface area contributed by atoms with E-state index in [4.69, 9.17) is 5.26 Å². The lowest BCUT2D eigenvalue weighted by Crippen LogP contribution is -2.38. The van der Waals surface area contributed by atoms with Crippen LogP contribution in [0, 0.1) is 17.2 Å². The van der Waals surface area contributed by atoms with Crippen LogP contribution in [0.4, 0.5) is 0 Å². The molecule has 1 aliphatic heterocycles. The molecule has 0 aromatic rings. The fraction of sp³-hybridized carbons (Fsp3) is 0.889. The Hall–Kier alpha value is -0.200. The number of thioether (sulfide) groups is 1. The molecule has 0 aromatic carbocycles. The maximum atomic E-state index is 8.65. The van der Waals surface area contributed by atoms with Crippen LogP contribution >= 0.6 is 11.8 Å². The molecular weight excluding hydrogens is 168 g/mol. The van der Waals surface area contributed by atoms with Crippen molar-refractivity contribution < 1.29 is 0 Å². The van der Waals surface area contributed by atoms with Gasteiger partial charge in [0.25, 0.3) is 0 Å². The van der Waals surface area contributed by atoms with Crippen molar-refractivity contribution in [3.05, 3.63) is 0 Å². The van der Waals surface area contributed by atoms with E-state index >= 15 is 0 Å². The molecule has 1 saturated heterocycles. The van der Waals surface area contributed by atoms with Crippen LogP contribution in [-0.2, 0) is 0 Å². The number of hydrogen-bond donors (Lipinski definition) is 0. The van der Waals surface area contributed by atoms with E-state index in [0.717, 1.165) is 24.9 Å². The Kier molecular flexibility index (Phi) is 3.90. The summed E-state index contributed by atoms with van der Waals surface area (Å²) in [5, 5.41) is 9.39. The van der Waals surface area contributed by atoms with E-state index in [-0.39, 0.29) is 5.92 Å². The molecule has 0 radical (unpaired) electrons. The van der Waals surface area contributed by atoms with Crippen molar-refractivity contribution in [3.63, 3.8) is 0 Å². The second-order valence-corrected chi connectivity index (χ2v) is 5.02. The third-order valence-electron chi connectivity index (χ3n) is 2.08. The SMILES string of the molecule is CC(C#N)CN1CCSC(C)C1. The van der Waals surface area contributed by atoms with Gasteiger partial charge in [0.1, 0.15) is 0 Å². The summed E-state index contributed by atoms with van der Waals surface area (Å²) in [6.07, 6.45) is 0. The Morgan fingerprint density at radius 3 is 3.08 bits per heavy atom. The molecule has 1 fully saturated rings. The molecular formula is C9H16N2S. The first-order valence-corrected chi connectivity index (χ1v) is 5.51. The highest BCUT2D eigenvalue weighted by molar-refractivity contribution is 7.99. The van der Waals surface area contributed by atoms with Gasteiger partial charge in [-0.05, 0) is 6.92 Å². The zero-order valence-corrected chi connectivity index (χ0v) is 8.60. The van der Waals surface area contributed by atoms with E-state index < -0.39 is 0 Å². The average Bonchev–Trinajstić information content (AvgIpc) is 2.04. The lowest BCUT2D eigenvalue weighted by Gasteiger charge is -2.30. The molecule has 2 unspecified atom stereocenters. The summed E-state index contributed by atoms with van der Waals surface area (Å²) in [4.78, 5) is 2.40. The summed E-state index contributed by atoms with van der Waals surface area (Å²) in [5.74, 6) is 1.40. The van der Waals surface area contributed by atoms with Gasteiger partial charge in [-0.25, -0.2) is 0 Å². The molecule has 68 valence electrons. The number of nitriles is 1. The molecule has 0 spiro atoms. The predicted molar refractivity (Wildman–Crippen MR) is 53.1 cm³/mol. The van der Waals surface area contributed by atoms with Crippen LogP contribution < -0.4 is 0 Å². The molecule has 0 N–H and O–H groups in total. The standard InChI is InChI=1S/C9H16N2S/c1-8(5-10)6-11-3-4-12-9(2)7-11/h8-9H,3-4,6-7H2,1-2H3. The largest absolute Gasteiger partial charge is 0.300 e.